The molecule has 0 saturated carbocycles. The third-order valence-electron chi connectivity index (χ3n) is 3.76. The first kappa shape index (κ1) is 13.5. The summed E-state index contributed by atoms with van der Waals surface area (Å²) in [5, 5.41) is 4.47. The summed E-state index contributed by atoms with van der Waals surface area (Å²) >= 11 is 0. The van der Waals surface area contributed by atoms with Gasteiger partial charge in [0.2, 0.25) is 0 Å². The summed E-state index contributed by atoms with van der Waals surface area (Å²) in [6.07, 6.45) is 2.57. The number of aliphatic imine (C=N–C) groups is 1. The van der Waals surface area contributed by atoms with Gasteiger partial charge >= 0.3 is 5.91 Å². The van der Waals surface area contributed by atoms with Crippen LogP contribution < -0.4 is 0 Å². The number of carbonyl (C=O) groups is 1. The quantitative estimate of drug-likeness (QED) is 0.792. The number of amides is 1. The van der Waals surface area contributed by atoms with Crippen molar-refractivity contribution in [2.45, 2.75) is 32.7 Å². The number of hydrogen-bond donors (Lipinski definition) is 0. The normalized spacial score (nSPS) is 13.5. The maximum absolute atomic E-state index is 11.5. The fraction of sp³-hybridized carbons (Fsp3) is 0.312. The Morgan fingerprint density at radius 3 is 2.81 bits per heavy atom. The van der Waals surface area contributed by atoms with Crippen molar-refractivity contribution in [3.63, 3.8) is 0 Å². The molecule has 21 heavy (non-hydrogen) atoms. The summed E-state index contributed by atoms with van der Waals surface area (Å²) < 4.78 is 0. The van der Waals surface area contributed by atoms with Gasteiger partial charge in [-0.05, 0) is 23.4 Å². The van der Waals surface area contributed by atoms with Crippen LogP contribution in [0, 0.1) is 4.91 Å². The summed E-state index contributed by atoms with van der Waals surface area (Å²) in [5.41, 5.74) is 3.37. The molecule has 0 N–H and O–H groups in total. The second kappa shape index (κ2) is 5.16. The van der Waals surface area contributed by atoms with Crippen molar-refractivity contribution in [1.82, 2.24) is 4.98 Å². The monoisotopic (exact) mass is 281 g/mol. The second-order valence-corrected chi connectivity index (χ2v) is 5.46. The highest BCUT2D eigenvalue weighted by molar-refractivity contribution is 6.00. The molecule has 0 fully saturated rings. The van der Waals surface area contributed by atoms with Gasteiger partial charge in [-0.2, -0.15) is 0 Å². The van der Waals surface area contributed by atoms with E-state index in [9.17, 15) is 9.70 Å². The van der Waals surface area contributed by atoms with Crippen LogP contribution in [-0.4, -0.2) is 17.1 Å². The highest BCUT2D eigenvalue weighted by Crippen LogP contribution is 2.31. The first-order valence-corrected chi connectivity index (χ1v) is 6.93. The van der Waals surface area contributed by atoms with Gasteiger partial charge < -0.3 is 0 Å². The number of nitrogens with zero attached hydrogens (tertiary/aromatic N) is 3. The lowest BCUT2D eigenvalue weighted by molar-refractivity contribution is 0.100. The van der Waals surface area contributed by atoms with Crippen LogP contribution in [0.5, 0.6) is 0 Å². The molecule has 0 bridgehead atoms. The molecule has 0 radical (unpaired) electrons. The van der Waals surface area contributed by atoms with E-state index in [0.29, 0.717) is 18.5 Å². The van der Waals surface area contributed by atoms with E-state index in [1.165, 1.54) is 0 Å². The van der Waals surface area contributed by atoms with Crippen molar-refractivity contribution in [3.8, 4) is 0 Å². The Balaban J connectivity index is 2.33. The van der Waals surface area contributed by atoms with E-state index < -0.39 is 5.91 Å². The SMILES string of the molecule is CC(C)c1nc2c(c3cc(C(=O)N=O)ccc13)CN=CC2. The van der Waals surface area contributed by atoms with E-state index in [4.69, 9.17) is 4.98 Å². The second-order valence-electron chi connectivity index (χ2n) is 5.46. The van der Waals surface area contributed by atoms with Crippen LogP contribution in [0.25, 0.3) is 10.8 Å². The molecule has 5 nitrogen and oxygen atoms in total. The maximum atomic E-state index is 11.5. The molecule has 1 aromatic heterocycles. The predicted octanol–water partition coefficient (Wildman–Crippen LogP) is 3.39. The van der Waals surface area contributed by atoms with Crippen LogP contribution in [0.15, 0.2) is 28.4 Å². The Morgan fingerprint density at radius 1 is 1.29 bits per heavy atom. The highest BCUT2D eigenvalue weighted by atomic mass is 16.3. The predicted molar refractivity (Wildman–Crippen MR) is 81.9 cm³/mol. The molecule has 1 aliphatic rings. The van der Waals surface area contributed by atoms with Crippen LogP contribution in [0.2, 0.25) is 0 Å². The number of hydrogen-bond acceptors (Lipinski definition) is 4. The summed E-state index contributed by atoms with van der Waals surface area (Å²) in [6, 6.07) is 5.24. The minimum absolute atomic E-state index is 0.280. The molecule has 1 aromatic carbocycles. The molecule has 1 aliphatic heterocycles. The molecule has 2 aromatic rings. The van der Waals surface area contributed by atoms with Crippen molar-refractivity contribution < 1.29 is 4.79 Å². The topological polar surface area (TPSA) is 71.8 Å². The summed E-state index contributed by atoms with van der Waals surface area (Å²) in [5.74, 6) is -0.463. The zero-order valence-electron chi connectivity index (χ0n) is 12.0. The third kappa shape index (κ3) is 2.24. The Morgan fingerprint density at radius 2 is 2.10 bits per heavy atom. The van der Waals surface area contributed by atoms with Crippen LogP contribution in [0.4, 0.5) is 0 Å². The zero-order chi connectivity index (χ0) is 15.0. The van der Waals surface area contributed by atoms with Crippen LogP contribution in [0.3, 0.4) is 0 Å². The molecule has 0 atom stereocenters. The molecular weight excluding hydrogens is 266 g/mol. The molecule has 106 valence electrons. The zero-order valence-corrected chi connectivity index (χ0v) is 12.0. The van der Waals surface area contributed by atoms with E-state index in [1.54, 1.807) is 12.1 Å². The molecule has 1 amide bonds. The van der Waals surface area contributed by atoms with Gasteiger partial charge in [0.15, 0.2) is 0 Å². The van der Waals surface area contributed by atoms with Crippen molar-refractivity contribution >= 4 is 22.9 Å². The maximum Gasteiger partial charge on any atom is 0.316 e. The van der Waals surface area contributed by atoms with Gasteiger partial charge in [-0.25, -0.2) is 0 Å². The number of pyridine rings is 1. The van der Waals surface area contributed by atoms with Crippen LogP contribution in [-0.2, 0) is 13.0 Å². The van der Waals surface area contributed by atoms with Gasteiger partial charge in [0.1, 0.15) is 0 Å². The van der Waals surface area contributed by atoms with Crippen LogP contribution in [0.1, 0.15) is 47.1 Å². The van der Waals surface area contributed by atoms with E-state index in [2.05, 4.69) is 24.0 Å². The number of benzene rings is 1. The molecule has 0 saturated heterocycles. The molecular formula is C16H15N3O2. The molecule has 3 rings (SSSR count). The number of rotatable bonds is 2. The molecule has 0 spiro atoms. The van der Waals surface area contributed by atoms with Gasteiger partial charge in [0.05, 0.1) is 17.9 Å². The summed E-state index contributed by atoms with van der Waals surface area (Å²) in [4.78, 5) is 31.1. The van der Waals surface area contributed by atoms with E-state index >= 15 is 0 Å². The average molecular weight is 281 g/mol. The molecule has 0 unspecified atom stereocenters. The smallest absolute Gasteiger partial charge is 0.292 e. The number of fused-ring (bicyclic) bond motifs is 3. The largest absolute Gasteiger partial charge is 0.316 e. The van der Waals surface area contributed by atoms with E-state index in [1.807, 2.05) is 12.3 Å². The first-order valence-electron chi connectivity index (χ1n) is 6.93. The van der Waals surface area contributed by atoms with Gasteiger partial charge in [-0.15, -0.1) is 4.91 Å². The molecule has 5 heteroatoms. The van der Waals surface area contributed by atoms with Gasteiger partial charge in [-0.1, -0.05) is 19.9 Å². The van der Waals surface area contributed by atoms with Crippen molar-refractivity contribution in [3.05, 3.63) is 45.6 Å². The third-order valence-corrected chi connectivity index (χ3v) is 3.76. The molecule has 2 heterocycles. The minimum Gasteiger partial charge on any atom is -0.292 e. The van der Waals surface area contributed by atoms with Crippen molar-refractivity contribution in [2.24, 2.45) is 10.2 Å². The standard InChI is InChI=1S/C16H15N3O2/c1-9(2)15-11-4-3-10(16(20)19-21)7-12(11)13-8-17-6-5-14(13)18-15/h3-4,6-7,9H,5,8H2,1-2H3. The Bertz CT molecular complexity index is 779. The lowest BCUT2D eigenvalue weighted by Crippen LogP contribution is -2.09. The van der Waals surface area contributed by atoms with Crippen molar-refractivity contribution in [2.75, 3.05) is 0 Å². The minimum atomic E-state index is -0.743. The number of carbonyl (C=O) groups excluding carboxylic acids is 1. The van der Waals surface area contributed by atoms with Crippen LogP contribution >= 0.6 is 0 Å². The number of aromatic nitrogens is 1. The summed E-state index contributed by atoms with van der Waals surface area (Å²) in [6.45, 7) is 4.75. The van der Waals surface area contributed by atoms with Gasteiger partial charge in [0.25, 0.3) is 0 Å². The Labute approximate surface area is 122 Å². The first-order chi connectivity index (χ1) is 10.1. The van der Waals surface area contributed by atoms with Crippen molar-refractivity contribution in [1.29, 1.82) is 0 Å². The lowest BCUT2D eigenvalue weighted by atomic mass is 9.94. The molecule has 0 aliphatic carbocycles. The van der Waals surface area contributed by atoms with Gasteiger partial charge in [0, 0.05) is 34.3 Å². The fourth-order valence-corrected chi connectivity index (χ4v) is 2.72. The van der Waals surface area contributed by atoms with E-state index in [-0.39, 0.29) is 5.92 Å². The summed E-state index contributed by atoms with van der Waals surface area (Å²) in [7, 11) is 0. The lowest BCUT2D eigenvalue weighted by Gasteiger charge is -2.18. The Kier molecular flexibility index (Phi) is 3.33. The van der Waals surface area contributed by atoms with E-state index in [0.717, 1.165) is 27.7 Å². The Hall–Kier alpha value is -2.43. The fourth-order valence-electron chi connectivity index (χ4n) is 2.72. The van der Waals surface area contributed by atoms with Gasteiger partial charge in [-0.3, -0.25) is 14.8 Å². The highest BCUT2D eigenvalue weighted by Gasteiger charge is 2.18. The number of nitroso groups, excluding NO2 is 1. The average Bonchev–Trinajstić information content (AvgIpc) is 2.52.